The molecule has 2 aromatic heterocycles. The van der Waals surface area contributed by atoms with Gasteiger partial charge in [-0.3, -0.25) is 9.69 Å². The maximum Gasteiger partial charge on any atom is 0.229 e. The Morgan fingerprint density at radius 2 is 2.15 bits per heavy atom. The van der Waals surface area contributed by atoms with Crippen molar-refractivity contribution in [3.63, 3.8) is 0 Å². The second-order valence-electron chi connectivity index (χ2n) is 8.33. The number of hydrogen-bond donors (Lipinski definition) is 1. The Labute approximate surface area is 158 Å². The zero-order chi connectivity index (χ0) is 18.4. The molecule has 0 spiro atoms. The van der Waals surface area contributed by atoms with Gasteiger partial charge >= 0.3 is 0 Å². The fourth-order valence-corrected chi connectivity index (χ4v) is 4.09. The van der Waals surface area contributed by atoms with Gasteiger partial charge in [0.15, 0.2) is 5.82 Å². The van der Waals surface area contributed by atoms with E-state index in [-0.39, 0.29) is 17.7 Å². The van der Waals surface area contributed by atoms with Crippen molar-refractivity contribution in [3.8, 4) is 0 Å². The molecule has 2 aromatic rings. The lowest BCUT2D eigenvalue weighted by Gasteiger charge is -2.20. The Bertz CT molecular complexity index is 822. The molecular formula is C19H26N6O2. The Kier molecular flexibility index (Phi) is 4.22. The Balaban J connectivity index is 1.30. The minimum absolute atomic E-state index is 0.0847. The largest absolute Gasteiger partial charge is 0.353 e. The average molecular weight is 370 g/mol. The van der Waals surface area contributed by atoms with Crippen LogP contribution in [-0.4, -0.2) is 49.6 Å². The first-order valence-corrected chi connectivity index (χ1v) is 9.99. The quantitative estimate of drug-likeness (QED) is 0.830. The molecule has 2 atom stereocenters. The van der Waals surface area contributed by atoms with Crippen molar-refractivity contribution in [2.24, 2.45) is 13.0 Å². The van der Waals surface area contributed by atoms with Gasteiger partial charge in [-0.25, -0.2) is 4.98 Å². The van der Waals surface area contributed by atoms with Crippen molar-refractivity contribution in [3.05, 3.63) is 29.9 Å². The number of amides is 1. The second-order valence-corrected chi connectivity index (χ2v) is 8.33. The number of aryl methyl sites for hydroxylation is 1. The van der Waals surface area contributed by atoms with Crippen LogP contribution >= 0.6 is 0 Å². The van der Waals surface area contributed by atoms with E-state index >= 15 is 0 Å². The molecule has 1 amide bonds. The first-order valence-electron chi connectivity index (χ1n) is 9.99. The lowest BCUT2D eigenvalue weighted by molar-refractivity contribution is -0.125. The fraction of sp³-hybridized carbons (Fsp3) is 0.684. The van der Waals surface area contributed by atoms with Crippen LogP contribution in [0.2, 0.25) is 0 Å². The second kappa shape index (κ2) is 6.74. The van der Waals surface area contributed by atoms with Gasteiger partial charge in [0.05, 0.1) is 24.5 Å². The molecule has 0 aromatic carbocycles. The molecule has 1 aliphatic heterocycles. The van der Waals surface area contributed by atoms with Crippen molar-refractivity contribution in [1.29, 1.82) is 0 Å². The SMILES string of the molecule is Cn1cnc([C@@H]2CN(Cc3noc(C4CCC4)n3)C[C@H]2C(=O)NC2CC2)c1. The lowest BCUT2D eigenvalue weighted by atomic mass is 9.85. The van der Waals surface area contributed by atoms with Gasteiger partial charge in [0.2, 0.25) is 11.8 Å². The molecule has 1 saturated heterocycles. The van der Waals surface area contributed by atoms with Gasteiger partial charge in [0.1, 0.15) is 0 Å². The van der Waals surface area contributed by atoms with Crippen LogP contribution in [0.25, 0.3) is 0 Å². The van der Waals surface area contributed by atoms with E-state index in [4.69, 9.17) is 4.52 Å². The molecule has 144 valence electrons. The molecule has 8 nitrogen and oxygen atoms in total. The van der Waals surface area contributed by atoms with Crippen LogP contribution in [0.1, 0.15) is 61.3 Å². The predicted octanol–water partition coefficient (Wildman–Crippen LogP) is 1.56. The number of nitrogens with zero attached hydrogens (tertiary/aromatic N) is 5. The monoisotopic (exact) mass is 370 g/mol. The highest BCUT2D eigenvalue weighted by Crippen LogP contribution is 2.36. The van der Waals surface area contributed by atoms with Gasteiger partial charge in [-0.2, -0.15) is 4.98 Å². The highest BCUT2D eigenvalue weighted by atomic mass is 16.5. The van der Waals surface area contributed by atoms with E-state index in [1.807, 2.05) is 17.8 Å². The topological polar surface area (TPSA) is 89.1 Å². The van der Waals surface area contributed by atoms with Crippen molar-refractivity contribution >= 4 is 5.91 Å². The summed E-state index contributed by atoms with van der Waals surface area (Å²) in [6.45, 7) is 2.10. The summed E-state index contributed by atoms with van der Waals surface area (Å²) in [5, 5.41) is 7.34. The molecule has 1 N–H and O–H groups in total. The molecule has 2 aliphatic carbocycles. The summed E-state index contributed by atoms with van der Waals surface area (Å²) in [7, 11) is 1.96. The first-order chi connectivity index (χ1) is 13.2. The van der Waals surface area contributed by atoms with E-state index in [1.165, 1.54) is 6.42 Å². The maximum atomic E-state index is 12.8. The number of rotatable bonds is 6. The minimum atomic E-state index is -0.0847. The minimum Gasteiger partial charge on any atom is -0.353 e. The summed E-state index contributed by atoms with van der Waals surface area (Å²) in [4.78, 5) is 24.2. The highest BCUT2D eigenvalue weighted by Gasteiger charge is 2.41. The summed E-state index contributed by atoms with van der Waals surface area (Å²) >= 11 is 0. The Morgan fingerprint density at radius 3 is 2.81 bits per heavy atom. The van der Waals surface area contributed by atoms with E-state index in [0.29, 0.717) is 25.0 Å². The van der Waals surface area contributed by atoms with Crippen LogP contribution in [0.5, 0.6) is 0 Å². The number of likely N-dealkylation sites (tertiary alicyclic amines) is 1. The number of aromatic nitrogens is 4. The summed E-state index contributed by atoms with van der Waals surface area (Å²) in [5.74, 6) is 2.11. The zero-order valence-electron chi connectivity index (χ0n) is 15.7. The van der Waals surface area contributed by atoms with Gasteiger partial charge in [-0.05, 0) is 25.7 Å². The molecule has 0 bridgehead atoms. The van der Waals surface area contributed by atoms with Gasteiger partial charge in [-0.15, -0.1) is 0 Å². The fourth-order valence-electron chi connectivity index (χ4n) is 4.09. The number of nitrogens with one attached hydrogen (secondary N) is 1. The summed E-state index contributed by atoms with van der Waals surface area (Å²) in [6.07, 6.45) is 9.57. The van der Waals surface area contributed by atoms with Gasteiger partial charge in [0, 0.05) is 44.2 Å². The molecule has 8 heteroatoms. The van der Waals surface area contributed by atoms with Gasteiger partial charge in [-0.1, -0.05) is 11.6 Å². The van der Waals surface area contributed by atoms with Crippen LogP contribution in [0.15, 0.2) is 17.0 Å². The first kappa shape index (κ1) is 16.9. The molecule has 0 unspecified atom stereocenters. The van der Waals surface area contributed by atoms with E-state index in [9.17, 15) is 4.79 Å². The number of carbonyl (C=O) groups excluding carboxylic acids is 1. The molecule has 2 saturated carbocycles. The molecular weight excluding hydrogens is 344 g/mol. The summed E-state index contributed by atoms with van der Waals surface area (Å²) in [5.41, 5.74) is 0.985. The number of hydrogen-bond acceptors (Lipinski definition) is 6. The van der Waals surface area contributed by atoms with Crippen LogP contribution in [0.3, 0.4) is 0 Å². The predicted molar refractivity (Wildman–Crippen MR) is 96.8 cm³/mol. The Hall–Kier alpha value is -2.22. The van der Waals surface area contributed by atoms with Crippen LogP contribution < -0.4 is 5.32 Å². The normalized spacial score (nSPS) is 26.3. The number of imidazole rings is 1. The average Bonchev–Trinajstić information content (AvgIpc) is 2.97. The van der Waals surface area contributed by atoms with Crippen LogP contribution in [0, 0.1) is 5.92 Å². The number of carbonyl (C=O) groups is 1. The molecule has 3 fully saturated rings. The maximum absolute atomic E-state index is 12.8. The van der Waals surface area contributed by atoms with E-state index in [2.05, 4.69) is 25.3 Å². The van der Waals surface area contributed by atoms with Crippen LogP contribution in [0.4, 0.5) is 0 Å². The third-order valence-electron chi connectivity index (χ3n) is 6.06. The standard InChI is InChI=1S/C19H26N6O2/c1-24-9-16(20-11-24)14-7-25(8-15(14)18(26)21-13-5-6-13)10-17-22-19(27-23-17)12-3-2-4-12/h9,11-15H,2-8,10H2,1H3,(H,21,26)/t14-,15-/m1/s1. The third-order valence-corrected chi connectivity index (χ3v) is 6.06. The molecule has 5 rings (SSSR count). The molecule has 3 heterocycles. The van der Waals surface area contributed by atoms with Crippen LogP contribution in [-0.2, 0) is 18.4 Å². The van der Waals surface area contributed by atoms with Gasteiger partial charge in [0.25, 0.3) is 0 Å². The molecule has 3 aliphatic rings. The Morgan fingerprint density at radius 1 is 1.30 bits per heavy atom. The summed E-state index contributed by atoms with van der Waals surface area (Å²) in [6, 6.07) is 0.373. The highest BCUT2D eigenvalue weighted by molar-refractivity contribution is 5.81. The van der Waals surface area contributed by atoms with E-state index in [1.54, 1.807) is 6.33 Å². The third kappa shape index (κ3) is 3.50. The zero-order valence-corrected chi connectivity index (χ0v) is 15.7. The molecule has 0 radical (unpaired) electrons. The van der Waals surface area contributed by atoms with E-state index < -0.39 is 0 Å². The smallest absolute Gasteiger partial charge is 0.229 e. The van der Waals surface area contributed by atoms with Crippen molar-refractivity contribution in [2.75, 3.05) is 13.1 Å². The lowest BCUT2D eigenvalue weighted by Crippen LogP contribution is -2.36. The van der Waals surface area contributed by atoms with Crippen molar-refractivity contribution in [2.45, 2.75) is 56.5 Å². The summed E-state index contributed by atoms with van der Waals surface area (Å²) < 4.78 is 7.39. The van der Waals surface area contributed by atoms with E-state index in [0.717, 1.165) is 49.6 Å². The van der Waals surface area contributed by atoms with Crippen molar-refractivity contribution < 1.29 is 9.32 Å². The van der Waals surface area contributed by atoms with Gasteiger partial charge < -0.3 is 14.4 Å². The van der Waals surface area contributed by atoms with Crippen molar-refractivity contribution in [1.82, 2.24) is 29.9 Å². The molecule has 27 heavy (non-hydrogen) atoms.